The summed E-state index contributed by atoms with van der Waals surface area (Å²) < 4.78 is 5.25. The van der Waals surface area contributed by atoms with Crippen LogP contribution in [0.3, 0.4) is 0 Å². The van der Waals surface area contributed by atoms with Gasteiger partial charge in [0.15, 0.2) is 0 Å². The first-order chi connectivity index (χ1) is 9.13. The fourth-order valence-corrected chi connectivity index (χ4v) is 3.04. The van der Waals surface area contributed by atoms with E-state index in [4.69, 9.17) is 15.5 Å². The van der Waals surface area contributed by atoms with Gasteiger partial charge in [-0.3, -0.25) is 0 Å². The van der Waals surface area contributed by atoms with Crippen molar-refractivity contribution in [2.45, 2.75) is 44.1 Å². The van der Waals surface area contributed by atoms with Crippen molar-refractivity contribution in [3.63, 3.8) is 0 Å². The van der Waals surface area contributed by atoms with Gasteiger partial charge in [0.1, 0.15) is 11.6 Å². The van der Waals surface area contributed by atoms with E-state index < -0.39 is 0 Å². The van der Waals surface area contributed by atoms with E-state index in [1.54, 1.807) is 7.11 Å². The van der Waals surface area contributed by atoms with Crippen molar-refractivity contribution in [1.29, 1.82) is 0 Å². The van der Waals surface area contributed by atoms with Gasteiger partial charge in [0.2, 0.25) is 0 Å². The molecule has 1 aromatic carbocycles. The van der Waals surface area contributed by atoms with Crippen LogP contribution in [-0.4, -0.2) is 23.1 Å². The number of H-pyrrole nitrogens is 1. The molecule has 0 aliphatic heterocycles. The number of nitrogens with two attached hydrogens (primary N) is 1. The van der Waals surface area contributed by atoms with Crippen LogP contribution in [0.5, 0.6) is 5.75 Å². The molecule has 1 aromatic heterocycles. The highest BCUT2D eigenvalue weighted by molar-refractivity contribution is 5.77. The number of ether oxygens (including phenoxy) is 1. The molecule has 4 heteroatoms. The summed E-state index contributed by atoms with van der Waals surface area (Å²) in [6.07, 6.45) is 4.64. The van der Waals surface area contributed by atoms with Crippen LogP contribution in [-0.2, 0) is 5.41 Å². The Labute approximate surface area is 113 Å². The minimum absolute atomic E-state index is 0.0372. The number of benzene rings is 1. The largest absolute Gasteiger partial charge is 0.497 e. The predicted molar refractivity (Wildman–Crippen MR) is 76.4 cm³/mol. The summed E-state index contributed by atoms with van der Waals surface area (Å²) in [7, 11) is 1.68. The van der Waals surface area contributed by atoms with E-state index in [0.29, 0.717) is 0 Å². The number of methoxy groups -OCH3 is 1. The zero-order valence-corrected chi connectivity index (χ0v) is 11.6. The number of hydrogen-bond donors (Lipinski definition) is 2. The molecule has 1 fully saturated rings. The predicted octanol–water partition coefficient (Wildman–Crippen LogP) is 2.73. The molecular formula is C15H21N3O. The molecule has 3 rings (SSSR count). The molecule has 2 aromatic rings. The fraction of sp³-hybridized carbons (Fsp3) is 0.533. The van der Waals surface area contributed by atoms with Gasteiger partial charge in [0.05, 0.1) is 18.1 Å². The van der Waals surface area contributed by atoms with E-state index >= 15 is 0 Å². The number of rotatable bonds is 2. The molecule has 0 radical (unpaired) electrons. The van der Waals surface area contributed by atoms with Crippen molar-refractivity contribution in [1.82, 2.24) is 9.97 Å². The monoisotopic (exact) mass is 259 g/mol. The molecule has 0 bridgehead atoms. The van der Waals surface area contributed by atoms with Gasteiger partial charge < -0.3 is 15.5 Å². The van der Waals surface area contributed by atoms with Crippen LogP contribution in [0.15, 0.2) is 18.2 Å². The van der Waals surface area contributed by atoms with Gasteiger partial charge >= 0.3 is 0 Å². The van der Waals surface area contributed by atoms with Gasteiger partial charge in [0, 0.05) is 17.5 Å². The topological polar surface area (TPSA) is 63.9 Å². The van der Waals surface area contributed by atoms with Crippen molar-refractivity contribution >= 4 is 11.0 Å². The summed E-state index contributed by atoms with van der Waals surface area (Å²) in [5.74, 6) is 1.86. The second kappa shape index (κ2) is 4.53. The molecule has 2 atom stereocenters. The molecule has 1 aliphatic carbocycles. The van der Waals surface area contributed by atoms with Crippen LogP contribution >= 0.6 is 0 Å². The molecule has 0 spiro atoms. The maximum atomic E-state index is 6.34. The van der Waals surface area contributed by atoms with E-state index in [9.17, 15) is 0 Å². The quantitative estimate of drug-likeness (QED) is 0.871. The smallest absolute Gasteiger partial charge is 0.121 e. The van der Waals surface area contributed by atoms with E-state index in [1.165, 1.54) is 12.8 Å². The Hall–Kier alpha value is -1.55. The lowest BCUT2D eigenvalue weighted by atomic mass is 9.71. The second-order valence-electron chi connectivity index (χ2n) is 5.74. The number of fused-ring (bicyclic) bond motifs is 1. The van der Waals surface area contributed by atoms with Crippen molar-refractivity contribution in [3.8, 4) is 5.75 Å². The Morgan fingerprint density at radius 1 is 1.42 bits per heavy atom. The minimum atomic E-state index is -0.0372. The third-order valence-corrected chi connectivity index (χ3v) is 4.51. The van der Waals surface area contributed by atoms with Gasteiger partial charge in [-0.05, 0) is 25.0 Å². The van der Waals surface area contributed by atoms with E-state index in [1.807, 2.05) is 18.2 Å². The highest BCUT2D eigenvalue weighted by Gasteiger charge is 2.38. The van der Waals surface area contributed by atoms with Crippen molar-refractivity contribution in [3.05, 3.63) is 24.0 Å². The molecule has 3 N–H and O–H groups in total. The molecule has 1 saturated carbocycles. The zero-order valence-electron chi connectivity index (χ0n) is 11.6. The molecule has 1 heterocycles. The minimum Gasteiger partial charge on any atom is -0.497 e. The molecule has 102 valence electrons. The van der Waals surface area contributed by atoms with Crippen molar-refractivity contribution in [2.75, 3.05) is 7.11 Å². The summed E-state index contributed by atoms with van der Waals surface area (Å²) in [6, 6.07) is 6.11. The first-order valence-corrected chi connectivity index (χ1v) is 6.93. The lowest BCUT2D eigenvalue weighted by Crippen LogP contribution is -2.46. The number of nitrogens with one attached hydrogen (secondary N) is 1. The second-order valence-corrected chi connectivity index (χ2v) is 5.74. The molecule has 19 heavy (non-hydrogen) atoms. The Morgan fingerprint density at radius 2 is 2.26 bits per heavy atom. The summed E-state index contributed by atoms with van der Waals surface area (Å²) in [4.78, 5) is 8.18. The SMILES string of the molecule is COc1ccc2nc(C3(C)CCCCC3N)[nH]c2c1. The van der Waals surface area contributed by atoms with Crippen LogP contribution in [0.1, 0.15) is 38.4 Å². The molecular weight excluding hydrogens is 238 g/mol. The van der Waals surface area contributed by atoms with Crippen molar-refractivity contribution < 1.29 is 4.74 Å². The summed E-state index contributed by atoms with van der Waals surface area (Å²) >= 11 is 0. The Morgan fingerprint density at radius 3 is 3.00 bits per heavy atom. The van der Waals surface area contributed by atoms with E-state index in [-0.39, 0.29) is 11.5 Å². The van der Waals surface area contributed by atoms with Crippen LogP contribution in [0, 0.1) is 0 Å². The van der Waals surface area contributed by atoms with Gasteiger partial charge in [0.25, 0.3) is 0 Å². The van der Waals surface area contributed by atoms with Crippen LogP contribution < -0.4 is 10.5 Å². The highest BCUT2D eigenvalue weighted by Crippen LogP contribution is 2.37. The number of aromatic amines is 1. The lowest BCUT2D eigenvalue weighted by Gasteiger charge is -2.37. The summed E-state index contributed by atoms with van der Waals surface area (Å²) in [5, 5.41) is 0. The van der Waals surface area contributed by atoms with E-state index in [2.05, 4.69) is 11.9 Å². The number of hydrogen-bond acceptors (Lipinski definition) is 3. The fourth-order valence-electron chi connectivity index (χ4n) is 3.04. The molecule has 2 unspecified atom stereocenters. The molecule has 0 saturated heterocycles. The van der Waals surface area contributed by atoms with E-state index in [0.717, 1.165) is 35.4 Å². The van der Waals surface area contributed by atoms with Gasteiger partial charge in [-0.2, -0.15) is 0 Å². The van der Waals surface area contributed by atoms with Gasteiger partial charge in [-0.15, -0.1) is 0 Å². The highest BCUT2D eigenvalue weighted by atomic mass is 16.5. The number of nitrogens with zero attached hydrogens (tertiary/aromatic N) is 1. The maximum absolute atomic E-state index is 6.34. The first kappa shape index (κ1) is 12.5. The van der Waals surface area contributed by atoms with Gasteiger partial charge in [-0.1, -0.05) is 19.8 Å². The van der Waals surface area contributed by atoms with Crippen LogP contribution in [0.4, 0.5) is 0 Å². The van der Waals surface area contributed by atoms with Crippen LogP contribution in [0.25, 0.3) is 11.0 Å². The standard InChI is InChI=1S/C15H21N3O/c1-15(8-4-3-5-13(15)16)14-17-11-7-6-10(19-2)9-12(11)18-14/h6-7,9,13H,3-5,8,16H2,1-2H3,(H,17,18). The molecule has 4 nitrogen and oxygen atoms in total. The van der Waals surface area contributed by atoms with Gasteiger partial charge in [-0.25, -0.2) is 4.98 Å². The Kier molecular flexibility index (Phi) is 2.97. The van der Waals surface area contributed by atoms with Crippen molar-refractivity contribution in [2.24, 2.45) is 5.73 Å². The third-order valence-electron chi connectivity index (χ3n) is 4.51. The average Bonchev–Trinajstić information content (AvgIpc) is 2.85. The molecule has 1 aliphatic rings. The Bertz CT molecular complexity index is 592. The van der Waals surface area contributed by atoms with Crippen LogP contribution in [0.2, 0.25) is 0 Å². The lowest BCUT2D eigenvalue weighted by molar-refractivity contribution is 0.260. The zero-order chi connectivity index (χ0) is 13.5. The number of imidazole rings is 1. The third kappa shape index (κ3) is 2.00. The number of aromatic nitrogens is 2. The summed E-state index contributed by atoms with van der Waals surface area (Å²) in [5.41, 5.74) is 8.30. The average molecular weight is 259 g/mol. The summed E-state index contributed by atoms with van der Waals surface area (Å²) in [6.45, 7) is 2.23. The Balaban J connectivity index is 2.04. The normalized spacial score (nSPS) is 27.6. The molecule has 0 amide bonds. The maximum Gasteiger partial charge on any atom is 0.121 e. The first-order valence-electron chi connectivity index (χ1n) is 6.93.